The Morgan fingerprint density at radius 1 is 1.10 bits per heavy atom. The molecule has 0 aliphatic carbocycles. The highest BCUT2D eigenvalue weighted by Gasteiger charge is 2.16. The van der Waals surface area contributed by atoms with Crippen molar-refractivity contribution in [2.75, 3.05) is 40.4 Å². The third-order valence-electron chi connectivity index (χ3n) is 2.82. The van der Waals surface area contributed by atoms with Crippen molar-refractivity contribution < 1.29 is 19.1 Å². The summed E-state index contributed by atoms with van der Waals surface area (Å²) < 4.78 is 10.3. The van der Waals surface area contributed by atoms with Crippen molar-refractivity contribution in [2.45, 2.75) is 6.92 Å². The summed E-state index contributed by atoms with van der Waals surface area (Å²) >= 11 is 0. The molecule has 0 unspecified atom stereocenters. The molecule has 0 aromatic heterocycles. The highest BCUT2D eigenvalue weighted by molar-refractivity contribution is 5.82. The quantitative estimate of drug-likeness (QED) is 0.766. The Morgan fingerprint density at radius 3 is 2.38 bits per heavy atom. The smallest absolute Gasteiger partial charge is 0.409 e. The summed E-state index contributed by atoms with van der Waals surface area (Å²) in [4.78, 5) is 26.1. The van der Waals surface area contributed by atoms with Gasteiger partial charge in [-0.25, -0.2) is 4.79 Å². The molecule has 0 N–H and O–H groups in total. The van der Waals surface area contributed by atoms with E-state index in [-0.39, 0.29) is 19.1 Å². The van der Waals surface area contributed by atoms with Gasteiger partial charge < -0.3 is 19.3 Å². The molecule has 0 atom stereocenters. The van der Waals surface area contributed by atoms with E-state index in [9.17, 15) is 9.59 Å². The van der Waals surface area contributed by atoms with E-state index < -0.39 is 6.09 Å². The van der Waals surface area contributed by atoms with Crippen LogP contribution in [0.15, 0.2) is 30.3 Å². The number of para-hydroxylation sites is 1. The van der Waals surface area contributed by atoms with Crippen LogP contribution < -0.4 is 4.74 Å². The van der Waals surface area contributed by atoms with Gasteiger partial charge in [0.25, 0.3) is 0 Å². The molecule has 2 amide bonds. The number of nitrogens with zero attached hydrogens (tertiary/aromatic N) is 2. The standard InChI is InChI=1S/C15H22N2O4/c1-4-20-15(19)17(3)12-14(18)16(2)10-11-21-13-8-6-5-7-9-13/h5-9H,4,10-12H2,1-3H3. The van der Waals surface area contributed by atoms with Gasteiger partial charge in [0.15, 0.2) is 0 Å². The number of carbonyl (C=O) groups is 2. The van der Waals surface area contributed by atoms with Crippen LogP contribution in [0.1, 0.15) is 6.92 Å². The summed E-state index contributed by atoms with van der Waals surface area (Å²) in [6, 6.07) is 9.40. The van der Waals surface area contributed by atoms with Crippen LogP contribution in [0.25, 0.3) is 0 Å². The number of ether oxygens (including phenoxy) is 2. The van der Waals surface area contributed by atoms with Gasteiger partial charge in [0.05, 0.1) is 13.2 Å². The third-order valence-corrected chi connectivity index (χ3v) is 2.82. The van der Waals surface area contributed by atoms with E-state index >= 15 is 0 Å². The summed E-state index contributed by atoms with van der Waals surface area (Å²) in [7, 11) is 3.21. The molecular formula is C15H22N2O4. The summed E-state index contributed by atoms with van der Waals surface area (Å²) in [6.45, 7) is 2.85. The molecule has 1 aromatic rings. The van der Waals surface area contributed by atoms with Gasteiger partial charge in [-0.05, 0) is 19.1 Å². The van der Waals surface area contributed by atoms with Crippen LogP contribution in [-0.2, 0) is 9.53 Å². The van der Waals surface area contributed by atoms with E-state index in [0.29, 0.717) is 13.2 Å². The minimum absolute atomic E-state index is 0.0132. The molecule has 6 heteroatoms. The summed E-state index contributed by atoms with van der Waals surface area (Å²) in [5.74, 6) is 0.601. The van der Waals surface area contributed by atoms with Crippen molar-refractivity contribution >= 4 is 12.0 Å². The normalized spacial score (nSPS) is 9.86. The zero-order valence-corrected chi connectivity index (χ0v) is 12.7. The van der Waals surface area contributed by atoms with Gasteiger partial charge in [-0.15, -0.1) is 0 Å². The van der Waals surface area contributed by atoms with Gasteiger partial charge in [-0.3, -0.25) is 4.79 Å². The van der Waals surface area contributed by atoms with E-state index in [1.165, 1.54) is 16.8 Å². The van der Waals surface area contributed by atoms with Crippen LogP contribution in [0, 0.1) is 0 Å². The monoisotopic (exact) mass is 294 g/mol. The fraction of sp³-hybridized carbons (Fsp3) is 0.467. The second-order valence-corrected chi connectivity index (χ2v) is 4.53. The first kappa shape index (κ1) is 16.8. The van der Waals surface area contributed by atoms with Crippen molar-refractivity contribution in [3.8, 4) is 5.75 Å². The lowest BCUT2D eigenvalue weighted by atomic mass is 10.3. The van der Waals surface area contributed by atoms with Gasteiger partial charge in [0.1, 0.15) is 18.9 Å². The molecular weight excluding hydrogens is 272 g/mol. The Labute approximate surface area is 125 Å². The van der Waals surface area contributed by atoms with Crippen LogP contribution in [0.3, 0.4) is 0 Å². The summed E-state index contributed by atoms with van der Waals surface area (Å²) in [5.41, 5.74) is 0. The average molecular weight is 294 g/mol. The highest BCUT2D eigenvalue weighted by Crippen LogP contribution is 2.07. The number of hydrogen-bond acceptors (Lipinski definition) is 4. The molecule has 0 heterocycles. The molecule has 0 fully saturated rings. The van der Waals surface area contributed by atoms with Gasteiger partial charge >= 0.3 is 6.09 Å². The van der Waals surface area contributed by atoms with Crippen LogP contribution in [0.2, 0.25) is 0 Å². The molecule has 0 saturated heterocycles. The zero-order valence-electron chi connectivity index (χ0n) is 12.7. The van der Waals surface area contributed by atoms with E-state index in [4.69, 9.17) is 9.47 Å². The molecule has 6 nitrogen and oxygen atoms in total. The molecule has 0 radical (unpaired) electrons. The zero-order chi connectivity index (χ0) is 15.7. The molecule has 0 spiro atoms. The van der Waals surface area contributed by atoms with Crippen molar-refractivity contribution in [3.05, 3.63) is 30.3 Å². The Hall–Kier alpha value is -2.24. The molecule has 1 aromatic carbocycles. The number of amides is 2. The molecule has 1 rings (SSSR count). The number of benzene rings is 1. The first-order valence-corrected chi connectivity index (χ1v) is 6.84. The van der Waals surface area contributed by atoms with Gasteiger partial charge in [-0.2, -0.15) is 0 Å². The Balaban J connectivity index is 2.29. The minimum atomic E-state index is -0.500. The lowest BCUT2D eigenvalue weighted by molar-refractivity contribution is -0.130. The fourth-order valence-electron chi connectivity index (χ4n) is 1.56. The maximum Gasteiger partial charge on any atom is 0.409 e. The summed E-state index contributed by atoms with van der Waals surface area (Å²) in [5, 5.41) is 0. The molecule has 0 saturated carbocycles. The SMILES string of the molecule is CCOC(=O)N(C)CC(=O)N(C)CCOc1ccccc1. The van der Waals surface area contributed by atoms with Crippen molar-refractivity contribution in [3.63, 3.8) is 0 Å². The third kappa shape index (κ3) is 6.16. The van der Waals surface area contributed by atoms with Crippen molar-refractivity contribution in [1.82, 2.24) is 9.80 Å². The van der Waals surface area contributed by atoms with E-state index in [1.807, 2.05) is 30.3 Å². The minimum Gasteiger partial charge on any atom is -0.492 e. The van der Waals surface area contributed by atoms with Crippen LogP contribution >= 0.6 is 0 Å². The molecule has 116 valence electrons. The van der Waals surface area contributed by atoms with E-state index in [0.717, 1.165) is 5.75 Å². The molecule has 0 aliphatic heterocycles. The predicted octanol–water partition coefficient (Wildman–Crippen LogP) is 1.61. The lowest BCUT2D eigenvalue weighted by Gasteiger charge is -2.21. The second-order valence-electron chi connectivity index (χ2n) is 4.53. The topological polar surface area (TPSA) is 59.1 Å². The van der Waals surface area contributed by atoms with Crippen LogP contribution in [-0.4, -0.2) is 62.2 Å². The van der Waals surface area contributed by atoms with Crippen LogP contribution in [0.4, 0.5) is 4.79 Å². The second kappa shape index (κ2) is 8.84. The fourth-order valence-corrected chi connectivity index (χ4v) is 1.56. The number of hydrogen-bond donors (Lipinski definition) is 0. The predicted molar refractivity (Wildman–Crippen MR) is 79.2 cm³/mol. The molecule has 0 aliphatic rings. The lowest BCUT2D eigenvalue weighted by Crippen LogP contribution is -2.40. The maximum atomic E-state index is 11.9. The van der Waals surface area contributed by atoms with Gasteiger partial charge in [0, 0.05) is 14.1 Å². The first-order chi connectivity index (χ1) is 10.0. The Kier molecular flexibility index (Phi) is 7.08. The van der Waals surface area contributed by atoms with Gasteiger partial charge in [0.2, 0.25) is 5.91 Å². The molecule has 21 heavy (non-hydrogen) atoms. The van der Waals surface area contributed by atoms with Crippen LogP contribution in [0.5, 0.6) is 5.75 Å². The van der Waals surface area contributed by atoms with Crippen molar-refractivity contribution in [1.29, 1.82) is 0 Å². The number of likely N-dealkylation sites (N-methyl/N-ethyl adjacent to an activating group) is 2. The first-order valence-electron chi connectivity index (χ1n) is 6.84. The molecule has 0 bridgehead atoms. The van der Waals surface area contributed by atoms with Crippen molar-refractivity contribution in [2.24, 2.45) is 0 Å². The maximum absolute atomic E-state index is 11.9. The average Bonchev–Trinajstić information content (AvgIpc) is 2.48. The van der Waals surface area contributed by atoms with Gasteiger partial charge in [-0.1, -0.05) is 18.2 Å². The van der Waals surface area contributed by atoms with E-state index in [1.54, 1.807) is 14.0 Å². The number of carbonyl (C=O) groups excluding carboxylic acids is 2. The highest BCUT2D eigenvalue weighted by atomic mass is 16.6. The Morgan fingerprint density at radius 2 is 1.76 bits per heavy atom. The number of rotatable bonds is 7. The Bertz CT molecular complexity index is 450. The van der Waals surface area contributed by atoms with E-state index in [2.05, 4.69) is 0 Å². The summed E-state index contributed by atoms with van der Waals surface area (Å²) in [6.07, 6.45) is -0.500. The largest absolute Gasteiger partial charge is 0.492 e.